The average molecular weight is 302 g/mol. The van der Waals surface area contributed by atoms with Crippen molar-refractivity contribution in [1.29, 1.82) is 0 Å². The van der Waals surface area contributed by atoms with Crippen molar-refractivity contribution >= 4 is 27.5 Å². The lowest BCUT2D eigenvalue weighted by Crippen LogP contribution is -2.26. The molecule has 1 rings (SSSR count). The van der Waals surface area contributed by atoms with Crippen LogP contribution in [0.1, 0.15) is 24.0 Å². The van der Waals surface area contributed by atoms with Gasteiger partial charge in [-0.1, -0.05) is 6.07 Å². The molecular weight excluding hydrogens is 280 g/mol. The second kappa shape index (κ2) is 7.17. The van der Waals surface area contributed by atoms with Crippen molar-refractivity contribution in [2.75, 3.05) is 24.3 Å². The van der Waals surface area contributed by atoms with Crippen molar-refractivity contribution in [3.63, 3.8) is 0 Å². The maximum absolute atomic E-state index is 12.3. The van der Waals surface area contributed by atoms with Crippen LogP contribution in [0, 0.1) is 13.8 Å². The zero-order valence-electron chi connectivity index (χ0n) is 11.7. The fourth-order valence-electron chi connectivity index (χ4n) is 1.82. The Hall–Kier alpha value is -0.720. The average Bonchev–Trinajstić information content (AvgIpc) is 2.34. The molecule has 0 spiro atoms. The van der Waals surface area contributed by atoms with Gasteiger partial charge in [0.05, 0.1) is 5.69 Å². The van der Waals surface area contributed by atoms with Crippen LogP contribution in [0.5, 0.6) is 0 Å². The molecule has 0 fully saturated rings. The minimum absolute atomic E-state index is 0.220. The van der Waals surface area contributed by atoms with E-state index in [1.54, 1.807) is 24.8 Å². The highest BCUT2D eigenvalue weighted by molar-refractivity contribution is 7.98. The Kier molecular flexibility index (Phi) is 6.16. The van der Waals surface area contributed by atoms with Crippen molar-refractivity contribution in [1.82, 2.24) is 4.72 Å². The molecule has 0 atom stereocenters. The maximum atomic E-state index is 12.3. The summed E-state index contributed by atoms with van der Waals surface area (Å²) in [6, 6.07) is 3.48. The third-order valence-electron chi connectivity index (χ3n) is 3.04. The SMILES string of the molecule is CSCCCCNS(=O)(=O)c1c(N)ccc(C)c1C. The maximum Gasteiger partial charge on any atom is 0.242 e. The van der Waals surface area contributed by atoms with Gasteiger partial charge in [0.15, 0.2) is 0 Å². The zero-order valence-corrected chi connectivity index (χ0v) is 13.3. The third kappa shape index (κ3) is 4.40. The van der Waals surface area contributed by atoms with Gasteiger partial charge >= 0.3 is 0 Å². The number of nitrogen functional groups attached to an aromatic ring is 1. The largest absolute Gasteiger partial charge is 0.398 e. The molecule has 0 aromatic heterocycles. The van der Waals surface area contributed by atoms with Gasteiger partial charge in [-0.3, -0.25) is 0 Å². The second-order valence-electron chi connectivity index (χ2n) is 4.52. The van der Waals surface area contributed by atoms with E-state index >= 15 is 0 Å². The third-order valence-corrected chi connectivity index (χ3v) is 5.40. The molecule has 0 aliphatic rings. The summed E-state index contributed by atoms with van der Waals surface area (Å²) in [4.78, 5) is 0.220. The van der Waals surface area contributed by atoms with Gasteiger partial charge in [0.25, 0.3) is 0 Å². The number of benzene rings is 1. The Morgan fingerprint density at radius 3 is 2.58 bits per heavy atom. The molecule has 1 aromatic carbocycles. The molecule has 0 unspecified atom stereocenters. The van der Waals surface area contributed by atoms with E-state index in [1.165, 1.54) is 0 Å². The number of thioether (sulfide) groups is 1. The summed E-state index contributed by atoms with van der Waals surface area (Å²) in [5.41, 5.74) is 7.76. The number of aryl methyl sites for hydroxylation is 1. The van der Waals surface area contributed by atoms with Crippen LogP contribution in [0.4, 0.5) is 5.69 Å². The van der Waals surface area contributed by atoms with Crippen molar-refractivity contribution < 1.29 is 8.42 Å². The Bertz CT molecular complexity index is 528. The summed E-state index contributed by atoms with van der Waals surface area (Å²) < 4.78 is 27.2. The second-order valence-corrected chi connectivity index (χ2v) is 7.21. The Balaban J connectivity index is 2.81. The fraction of sp³-hybridized carbons (Fsp3) is 0.538. The fourth-order valence-corrected chi connectivity index (χ4v) is 3.81. The molecule has 0 bridgehead atoms. The van der Waals surface area contributed by atoms with Crippen LogP contribution in [-0.4, -0.2) is 27.0 Å². The minimum atomic E-state index is -3.51. The molecule has 19 heavy (non-hydrogen) atoms. The number of nitrogens with one attached hydrogen (secondary N) is 1. The van der Waals surface area contributed by atoms with Gasteiger partial charge < -0.3 is 5.73 Å². The number of nitrogens with two attached hydrogens (primary N) is 1. The van der Waals surface area contributed by atoms with Gasteiger partial charge in [-0.25, -0.2) is 13.1 Å². The number of hydrogen-bond donors (Lipinski definition) is 2. The van der Waals surface area contributed by atoms with Crippen LogP contribution in [0.15, 0.2) is 17.0 Å². The number of hydrogen-bond acceptors (Lipinski definition) is 4. The summed E-state index contributed by atoms with van der Waals surface area (Å²) in [6.07, 6.45) is 3.89. The quantitative estimate of drug-likeness (QED) is 0.599. The van der Waals surface area contributed by atoms with E-state index in [4.69, 9.17) is 5.73 Å². The predicted octanol–water partition coefficient (Wildman–Crippen LogP) is 2.31. The lowest BCUT2D eigenvalue weighted by molar-refractivity contribution is 0.578. The van der Waals surface area contributed by atoms with Gasteiger partial charge in [-0.15, -0.1) is 0 Å². The summed E-state index contributed by atoms with van der Waals surface area (Å²) in [5.74, 6) is 1.05. The normalized spacial score (nSPS) is 11.7. The predicted molar refractivity (Wildman–Crippen MR) is 83.1 cm³/mol. The molecule has 0 aliphatic heterocycles. The zero-order chi connectivity index (χ0) is 14.5. The highest BCUT2D eigenvalue weighted by Gasteiger charge is 2.20. The number of rotatable bonds is 7. The topological polar surface area (TPSA) is 72.2 Å². The van der Waals surface area contributed by atoms with Crippen LogP contribution in [0.3, 0.4) is 0 Å². The van der Waals surface area contributed by atoms with Crippen molar-refractivity contribution in [2.45, 2.75) is 31.6 Å². The van der Waals surface area contributed by atoms with Crippen molar-refractivity contribution in [3.8, 4) is 0 Å². The molecule has 1 aromatic rings. The van der Waals surface area contributed by atoms with Gasteiger partial charge in [0, 0.05) is 6.54 Å². The van der Waals surface area contributed by atoms with Gasteiger partial charge in [-0.05, 0) is 55.9 Å². The van der Waals surface area contributed by atoms with Crippen LogP contribution in [0.25, 0.3) is 0 Å². The minimum Gasteiger partial charge on any atom is -0.398 e. The monoisotopic (exact) mass is 302 g/mol. The molecule has 0 amide bonds. The Morgan fingerprint density at radius 1 is 1.26 bits per heavy atom. The van der Waals surface area contributed by atoms with E-state index in [-0.39, 0.29) is 4.90 Å². The van der Waals surface area contributed by atoms with Crippen LogP contribution in [0.2, 0.25) is 0 Å². The van der Waals surface area contributed by atoms with E-state index < -0.39 is 10.0 Å². The molecule has 6 heteroatoms. The summed E-state index contributed by atoms with van der Waals surface area (Å²) in [5, 5.41) is 0. The van der Waals surface area contributed by atoms with Crippen molar-refractivity contribution in [3.05, 3.63) is 23.3 Å². The number of unbranched alkanes of at least 4 members (excludes halogenated alkanes) is 1. The molecular formula is C13H22N2O2S2. The van der Waals surface area contributed by atoms with E-state index in [9.17, 15) is 8.42 Å². The van der Waals surface area contributed by atoms with Gasteiger partial charge in [0.1, 0.15) is 4.90 Å². The van der Waals surface area contributed by atoms with Gasteiger partial charge in [0.2, 0.25) is 10.0 Å². The van der Waals surface area contributed by atoms with Crippen LogP contribution < -0.4 is 10.5 Å². The first-order valence-electron chi connectivity index (χ1n) is 6.24. The van der Waals surface area contributed by atoms with Crippen molar-refractivity contribution in [2.24, 2.45) is 0 Å². The first-order chi connectivity index (χ1) is 8.90. The molecule has 0 aliphatic carbocycles. The van der Waals surface area contributed by atoms with Crippen LogP contribution >= 0.6 is 11.8 Å². The molecule has 108 valence electrons. The standard InChI is InChI=1S/C13H22N2O2S2/c1-10-6-7-12(14)13(11(10)2)19(16,17)15-8-4-5-9-18-3/h6-7,15H,4-5,8-9,14H2,1-3H3. The summed E-state index contributed by atoms with van der Waals surface area (Å²) >= 11 is 1.77. The molecule has 4 nitrogen and oxygen atoms in total. The van der Waals surface area contributed by atoms with E-state index in [0.717, 1.165) is 29.7 Å². The lowest BCUT2D eigenvalue weighted by atomic mass is 10.1. The Labute approximate surface area is 120 Å². The van der Waals surface area contributed by atoms with E-state index in [0.29, 0.717) is 12.2 Å². The van der Waals surface area contributed by atoms with Crippen LogP contribution in [-0.2, 0) is 10.0 Å². The first-order valence-corrected chi connectivity index (χ1v) is 9.12. The molecule has 0 saturated heterocycles. The van der Waals surface area contributed by atoms with E-state index in [1.807, 2.05) is 19.2 Å². The van der Waals surface area contributed by atoms with Gasteiger partial charge in [-0.2, -0.15) is 11.8 Å². The molecule has 0 radical (unpaired) electrons. The Morgan fingerprint density at radius 2 is 1.95 bits per heavy atom. The lowest BCUT2D eigenvalue weighted by Gasteiger charge is -2.13. The first kappa shape index (κ1) is 16.3. The summed E-state index contributed by atoms with van der Waals surface area (Å²) in [7, 11) is -3.51. The molecule has 3 N–H and O–H groups in total. The van der Waals surface area contributed by atoms with E-state index in [2.05, 4.69) is 4.72 Å². The highest BCUT2D eigenvalue weighted by atomic mass is 32.2. The smallest absolute Gasteiger partial charge is 0.242 e. The number of sulfonamides is 1. The highest BCUT2D eigenvalue weighted by Crippen LogP contribution is 2.24. The molecule has 0 saturated carbocycles. The molecule has 0 heterocycles. The summed E-state index contributed by atoms with van der Waals surface area (Å²) in [6.45, 7) is 4.12. The number of anilines is 1.